The van der Waals surface area contributed by atoms with Gasteiger partial charge in [0.15, 0.2) is 0 Å². The molecule has 1 saturated heterocycles. The molecule has 0 aromatic rings. The molecule has 19 heavy (non-hydrogen) atoms. The van der Waals surface area contributed by atoms with Crippen LogP contribution in [0.15, 0.2) is 0 Å². The molecule has 2 heteroatoms. The van der Waals surface area contributed by atoms with Crippen LogP contribution in [-0.2, 0) is 4.74 Å². The van der Waals surface area contributed by atoms with Crippen molar-refractivity contribution in [2.45, 2.75) is 82.4 Å². The second-order valence-electron chi connectivity index (χ2n) is 7.87. The Morgan fingerprint density at radius 3 is 2.68 bits per heavy atom. The Kier molecular flexibility index (Phi) is 3.15. The summed E-state index contributed by atoms with van der Waals surface area (Å²) in [6, 6.07) is 1.46. The molecule has 4 rings (SSSR count). The molecule has 0 aromatic carbocycles. The number of fused-ring (bicyclic) bond motifs is 2. The molecule has 1 aliphatic heterocycles. The molecule has 1 spiro atoms. The number of nitrogens with one attached hydrogen (secondary N) is 1. The number of hydrogen-bond acceptors (Lipinski definition) is 2. The van der Waals surface area contributed by atoms with Crippen molar-refractivity contribution < 1.29 is 4.74 Å². The zero-order chi connectivity index (χ0) is 12.9. The monoisotopic (exact) mass is 263 g/mol. The lowest BCUT2D eigenvalue weighted by atomic mass is 9.73. The molecule has 0 amide bonds. The molecule has 1 N–H and O–H groups in total. The van der Waals surface area contributed by atoms with Crippen LogP contribution < -0.4 is 5.32 Å². The Morgan fingerprint density at radius 1 is 1.16 bits per heavy atom. The van der Waals surface area contributed by atoms with Crippen LogP contribution in [0.1, 0.15) is 64.7 Å². The van der Waals surface area contributed by atoms with Gasteiger partial charge in [-0.2, -0.15) is 0 Å². The van der Waals surface area contributed by atoms with Crippen LogP contribution in [0.2, 0.25) is 0 Å². The summed E-state index contributed by atoms with van der Waals surface area (Å²) in [6.07, 6.45) is 12.6. The summed E-state index contributed by atoms with van der Waals surface area (Å²) >= 11 is 0. The Labute approximate surface area is 117 Å². The quantitative estimate of drug-likeness (QED) is 0.841. The zero-order valence-corrected chi connectivity index (χ0v) is 12.4. The second kappa shape index (κ2) is 4.73. The third-order valence-electron chi connectivity index (χ3n) is 6.69. The van der Waals surface area contributed by atoms with Crippen molar-refractivity contribution in [1.82, 2.24) is 5.32 Å². The van der Waals surface area contributed by atoms with Crippen LogP contribution in [-0.4, -0.2) is 24.3 Å². The lowest BCUT2D eigenvalue weighted by Crippen LogP contribution is -2.53. The summed E-state index contributed by atoms with van der Waals surface area (Å²) in [7, 11) is 0. The van der Waals surface area contributed by atoms with Crippen molar-refractivity contribution >= 4 is 0 Å². The van der Waals surface area contributed by atoms with E-state index in [0.29, 0.717) is 5.60 Å². The van der Waals surface area contributed by atoms with Crippen LogP contribution >= 0.6 is 0 Å². The lowest BCUT2D eigenvalue weighted by Gasteiger charge is -2.48. The van der Waals surface area contributed by atoms with Crippen molar-refractivity contribution in [3.05, 3.63) is 0 Å². The van der Waals surface area contributed by atoms with E-state index in [9.17, 15) is 0 Å². The smallest absolute Gasteiger partial charge is 0.0697 e. The van der Waals surface area contributed by atoms with Gasteiger partial charge in [-0.15, -0.1) is 0 Å². The minimum Gasteiger partial charge on any atom is -0.375 e. The number of ether oxygens (including phenoxy) is 1. The van der Waals surface area contributed by atoms with E-state index in [1.807, 2.05) is 0 Å². The van der Waals surface area contributed by atoms with E-state index < -0.39 is 0 Å². The number of hydrogen-bond donors (Lipinski definition) is 1. The van der Waals surface area contributed by atoms with Crippen molar-refractivity contribution in [1.29, 1.82) is 0 Å². The summed E-state index contributed by atoms with van der Waals surface area (Å²) < 4.78 is 6.05. The summed E-state index contributed by atoms with van der Waals surface area (Å²) in [5.74, 6) is 3.09. The van der Waals surface area contributed by atoms with E-state index in [1.54, 1.807) is 0 Å². The molecule has 0 aromatic heterocycles. The Hall–Kier alpha value is -0.0800. The first-order chi connectivity index (χ1) is 9.24. The molecule has 108 valence electrons. The molecule has 3 saturated carbocycles. The van der Waals surface area contributed by atoms with E-state index in [-0.39, 0.29) is 0 Å². The van der Waals surface area contributed by atoms with Gasteiger partial charge in [-0.25, -0.2) is 0 Å². The van der Waals surface area contributed by atoms with E-state index in [2.05, 4.69) is 12.2 Å². The molecule has 5 atom stereocenters. The number of rotatable bonds is 3. The summed E-state index contributed by atoms with van der Waals surface area (Å²) in [4.78, 5) is 0. The Bertz CT molecular complexity index is 338. The molecular formula is C17H29NO. The van der Waals surface area contributed by atoms with Crippen molar-refractivity contribution in [2.75, 3.05) is 6.61 Å². The highest BCUT2D eigenvalue weighted by Gasteiger charge is 2.45. The fourth-order valence-electron chi connectivity index (χ4n) is 5.49. The van der Waals surface area contributed by atoms with Crippen LogP contribution in [0.5, 0.6) is 0 Å². The molecule has 2 bridgehead atoms. The van der Waals surface area contributed by atoms with Gasteiger partial charge in [-0.05, 0) is 76.0 Å². The van der Waals surface area contributed by atoms with Crippen molar-refractivity contribution in [2.24, 2.45) is 17.8 Å². The second-order valence-corrected chi connectivity index (χ2v) is 7.87. The molecule has 4 fully saturated rings. The Morgan fingerprint density at radius 2 is 2.05 bits per heavy atom. The standard InChI is InChI=1S/C17H29NO/c1-12(16-10-13-3-4-14(16)9-13)18-15-5-8-19-17(11-15)6-2-7-17/h12-16,18H,2-11H2,1H3. The van der Waals surface area contributed by atoms with Crippen LogP contribution in [0.25, 0.3) is 0 Å². The average molecular weight is 263 g/mol. The van der Waals surface area contributed by atoms with Crippen LogP contribution in [0, 0.1) is 17.8 Å². The molecular weight excluding hydrogens is 234 g/mol. The molecule has 2 nitrogen and oxygen atoms in total. The lowest BCUT2D eigenvalue weighted by molar-refractivity contribution is -0.136. The summed E-state index contributed by atoms with van der Waals surface area (Å²) in [5.41, 5.74) is 0.296. The van der Waals surface area contributed by atoms with Gasteiger partial charge in [-0.1, -0.05) is 6.42 Å². The third-order valence-corrected chi connectivity index (χ3v) is 6.69. The van der Waals surface area contributed by atoms with Crippen molar-refractivity contribution in [3.8, 4) is 0 Å². The zero-order valence-electron chi connectivity index (χ0n) is 12.4. The SMILES string of the molecule is CC(NC1CCOC2(CCC2)C1)C1CC2CCC1C2. The fourth-order valence-corrected chi connectivity index (χ4v) is 5.49. The molecule has 1 heterocycles. The van der Waals surface area contributed by atoms with Gasteiger partial charge in [0.2, 0.25) is 0 Å². The third kappa shape index (κ3) is 2.25. The minimum atomic E-state index is 0.296. The van der Waals surface area contributed by atoms with Gasteiger partial charge in [0.1, 0.15) is 0 Å². The highest BCUT2D eigenvalue weighted by Crippen LogP contribution is 2.50. The Balaban J connectivity index is 1.33. The maximum atomic E-state index is 6.05. The molecule has 4 aliphatic rings. The highest BCUT2D eigenvalue weighted by molar-refractivity contribution is 4.99. The molecule has 5 unspecified atom stereocenters. The minimum absolute atomic E-state index is 0.296. The largest absolute Gasteiger partial charge is 0.375 e. The average Bonchev–Trinajstić information content (AvgIpc) is 2.99. The van der Waals surface area contributed by atoms with E-state index in [1.165, 1.54) is 57.8 Å². The highest BCUT2D eigenvalue weighted by atomic mass is 16.5. The topological polar surface area (TPSA) is 21.3 Å². The first kappa shape index (κ1) is 12.6. The van der Waals surface area contributed by atoms with E-state index >= 15 is 0 Å². The maximum Gasteiger partial charge on any atom is 0.0697 e. The predicted octanol–water partition coefficient (Wildman–Crippen LogP) is 3.50. The summed E-state index contributed by atoms with van der Waals surface area (Å²) in [6.45, 7) is 3.44. The molecule has 0 radical (unpaired) electrons. The van der Waals surface area contributed by atoms with Gasteiger partial charge in [0, 0.05) is 18.7 Å². The maximum absolute atomic E-state index is 6.05. The van der Waals surface area contributed by atoms with Gasteiger partial charge < -0.3 is 10.1 Å². The van der Waals surface area contributed by atoms with E-state index in [4.69, 9.17) is 4.74 Å². The normalized spacial score (nSPS) is 45.3. The molecule has 3 aliphatic carbocycles. The summed E-state index contributed by atoms with van der Waals surface area (Å²) in [5, 5.41) is 3.99. The first-order valence-corrected chi connectivity index (χ1v) is 8.64. The van der Waals surface area contributed by atoms with Gasteiger partial charge in [0.05, 0.1) is 5.60 Å². The van der Waals surface area contributed by atoms with Gasteiger partial charge >= 0.3 is 0 Å². The first-order valence-electron chi connectivity index (χ1n) is 8.64. The predicted molar refractivity (Wildman–Crippen MR) is 77.1 cm³/mol. The van der Waals surface area contributed by atoms with Crippen LogP contribution in [0.4, 0.5) is 0 Å². The van der Waals surface area contributed by atoms with E-state index in [0.717, 1.165) is 36.4 Å². The fraction of sp³-hybridized carbons (Fsp3) is 1.00. The van der Waals surface area contributed by atoms with Crippen molar-refractivity contribution in [3.63, 3.8) is 0 Å². The van der Waals surface area contributed by atoms with Gasteiger partial charge in [0.25, 0.3) is 0 Å². The van der Waals surface area contributed by atoms with Crippen LogP contribution in [0.3, 0.4) is 0 Å². The van der Waals surface area contributed by atoms with Gasteiger partial charge in [-0.3, -0.25) is 0 Å².